The highest BCUT2D eigenvalue weighted by atomic mass is 31.0. The minimum absolute atomic E-state index is 0.0861. The van der Waals surface area contributed by atoms with Crippen molar-refractivity contribution in [3.63, 3.8) is 0 Å². The van der Waals surface area contributed by atoms with Gasteiger partial charge in [-0.15, -0.1) is 9.24 Å². The Morgan fingerprint density at radius 2 is 2.06 bits per heavy atom. The van der Waals surface area contributed by atoms with E-state index in [1.165, 1.54) is 12.2 Å². The van der Waals surface area contributed by atoms with Crippen molar-refractivity contribution in [3.8, 4) is 0 Å². The van der Waals surface area contributed by atoms with Crippen molar-refractivity contribution in [1.29, 1.82) is 0 Å². The zero-order valence-electron chi connectivity index (χ0n) is 19.5. The van der Waals surface area contributed by atoms with E-state index >= 15 is 0 Å². The van der Waals surface area contributed by atoms with Gasteiger partial charge in [0.2, 0.25) is 0 Å². The summed E-state index contributed by atoms with van der Waals surface area (Å²) in [6, 6.07) is 1.09. The van der Waals surface area contributed by atoms with Crippen molar-refractivity contribution in [2.75, 3.05) is 18.4 Å². The molecule has 2 rings (SSSR count). The number of hydrogen-bond donors (Lipinski definition) is 4. The van der Waals surface area contributed by atoms with Crippen LogP contribution in [0.1, 0.15) is 70.8 Å². The van der Waals surface area contributed by atoms with Crippen molar-refractivity contribution in [3.05, 3.63) is 46.6 Å². The summed E-state index contributed by atoms with van der Waals surface area (Å²) in [5.74, 6) is 0.119. The highest BCUT2D eigenvalue weighted by molar-refractivity contribution is 7.22. The summed E-state index contributed by atoms with van der Waals surface area (Å²) < 4.78 is 0. The van der Waals surface area contributed by atoms with Gasteiger partial charge < -0.3 is 16.0 Å². The number of nitrogens with one attached hydrogen (secondary N) is 4. The van der Waals surface area contributed by atoms with E-state index in [1.807, 2.05) is 20.8 Å². The molecule has 1 amide bonds. The Bertz CT molecular complexity index is 811. The Balaban J connectivity index is 0.00000233. The van der Waals surface area contributed by atoms with Gasteiger partial charge in [0.1, 0.15) is 5.69 Å². The molecule has 0 fully saturated rings. The van der Waals surface area contributed by atoms with Crippen LogP contribution in [0, 0.1) is 0 Å². The third-order valence-corrected chi connectivity index (χ3v) is 5.17. The van der Waals surface area contributed by atoms with E-state index in [0.29, 0.717) is 18.1 Å². The summed E-state index contributed by atoms with van der Waals surface area (Å²) in [4.78, 5) is 24.4. The van der Waals surface area contributed by atoms with Crippen molar-refractivity contribution >= 4 is 26.7 Å². The van der Waals surface area contributed by atoms with Gasteiger partial charge >= 0.3 is 0 Å². The molecule has 1 aromatic rings. The smallest absolute Gasteiger partial charge is 0.269 e. The molecular weight excluding hydrogens is 409 g/mol. The van der Waals surface area contributed by atoms with Crippen LogP contribution in [-0.4, -0.2) is 41.0 Å². The Kier molecular flexibility index (Phi) is 12.7. The second kappa shape index (κ2) is 14.7. The predicted molar refractivity (Wildman–Crippen MR) is 132 cm³/mol. The van der Waals surface area contributed by atoms with Gasteiger partial charge in [0.15, 0.2) is 11.6 Å². The summed E-state index contributed by atoms with van der Waals surface area (Å²) in [7, 11) is 2.81. The lowest BCUT2D eigenvalue weighted by Gasteiger charge is -2.16. The van der Waals surface area contributed by atoms with Crippen LogP contribution in [0.25, 0.3) is 0 Å². The van der Waals surface area contributed by atoms with E-state index in [4.69, 9.17) is 0 Å². The zero-order valence-corrected chi connectivity index (χ0v) is 20.6. The van der Waals surface area contributed by atoms with E-state index in [1.54, 1.807) is 6.07 Å². The Hall–Kier alpha value is -2.24. The lowest BCUT2D eigenvalue weighted by Crippen LogP contribution is -2.46. The van der Waals surface area contributed by atoms with Crippen LogP contribution in [0.15, 0.2) is 40.9 Å². The summed E-state index contributed by atoms with van der Waals surface area (Å²) >= 11 is 0. The molecule has 2 atom stereocenters. The first-order valence-corrected chi connectivity index (χ1v) is 11.7. The fraction of sp³-hybridized carbons (Fsp3) is 0.522. The standard InChI is InChI=1S/C21H32N5O2P.C2H6/c1-4-8-16(15-9-6-7-10-19(15)29)23-20-12-17(25-26-20)21(28)24-18(14(3)27)13-22-11-5-2;1-2/h6,8-9,12,18,22H,4-5,7,10-11,13,29H2,1-3H3,(H,24,28)(H2,23,25,26);1-2H3. The number of anilines is 1. The van der Waals surface area contributed by atoms with Gasteiger partial charge in [-0.3, -0.25) is 14.7 Å². The lowest BCUT2D eigenvalue weighted by atomic mass is 10.0. The number of amides is 1. The lowest BCUT2D eigenvalue weighted by molar-refractivity contribution is -0.118. The van der Waals surface area contributed by atoms with Gasteiger partial charge in [0.25, 0.3) is 5.91 Å². The highest BCUT2D eigenvalue weighted by Crippen LogP contribution is 2.30. The number of H-pyrrole nitrogens is 1. The first kappa shape index (κ1) is 26.8. The largest absolute Gasteiger partial charge is 0.340 e. The topological polar surface area (TPSA) is 98.9 Å². The van der Waals surface area contributed by atoms with Gasteiger partial charge in [-0.05, 0) is 44.5 Å². The molecule has 2 unspecified atom stereocenters. The van der Waals surface area contributed by atoms with Crippen LogP contribution in [-0.2, 0) is 4.79 Å². The Labute approximate surface area is 188 Å². The van der Waals surface area contributed by atoms with Crippen LogP contribution in [0.4, 0.5) is 5.82 Å². The predicted octanol–water partition coefficient (Wildman–Crippen LogP) is 4.31. The Morgan fingerprint density at radius 3 is 2.68 bits per heavy atom. The van der Waals surface area contributed by atoms with Crippen LogP contribution in [0.3, 0.4) is 0 Å². The summed E-state index contributed by atoms with van der Waals surface area (Å²) in [5, 5.41) is 17.5. The third-order valence-electron chi connectivity index (χ3n) is 4.57. The summed E-state index contributed by atoms with van der Waals surface area (Å²) in [6.45, 7) is 10.8. The maximum absolute atomic E-state index is 12.5. The number of hydrogen-bond acceptors (Lipinski definition) is 5. The minimum Gasteiger partial charge on any atom is -0.340 e. The van der Waals surface area contributed by atoms with Crippen molar-refractivity contribution in [1.82, 2.24) is 20.8 Å². The van der Waals surface area contributed by atoms with Crippen LogP contribution < -0.4 is 16.0 Å². The van der Waals surface area contributed by atoms with E-state index in [-0.39, 0.29) is 11.7 Å². The molecule has 1 aromatic heterocycles. The maximum Gasteiger partial charge on any atom is 0.269 e. The number of rotatable bonds is 11. The molecular formula is C23H38N5O2P. The molecule has 0 aromatic carbocycles. The third kappa shape index (κ3) is 8.80. The van der Waals surface area contributed by atoms with Crippen molar-refractivity contribution in [2.24, 2.45) is 0 Å². The second-order valence-electron chi connectivity index (χ2n) is 7.04. The fourth-order valence-electron chi connectivity index (χ4n) is 2.97. The average molecular weight is 448 g/mol. The molecule has 1 heterocycles. The molecule has 0 spiro atoms. The van der Waals surface area contributed by atoms with Gasteiger partial charge in [-0.25, -0.2) is 0 Å². The molecule has 1 aliphatic rings. The number of nitrogens with zero attached hydrogens (tertiary/aromatic N) is 1. The van der Waals surface area contributed by atoms with Crippen molar-refractivity contribution in [2.45, 2.75) is 66.3 Å². The fourth-order valence-corrected chi connectivity index (χ4v) is 3.39. The zero-order chi connectivity index (χ0) is 23.2. The highest BCUT2D eigenvalue weighted by Gasteiger charge is 2.19. The van der Waals surface area contributed by atoms with Crippen LogP contribution in [0.5, 0.6) is 0 Å². The first-order chi connectivity index (χ1) is 15.0. The molecule has 172 valence electrons. The molecule has 1 aliphatic carbocycles. The molecule has 0 radical (unpaired) electrons. The Morgan fingerprint density at radius 1 is 1.32 bits per heavy atom. The number of carbonyl (C=O) groups is 2. The van der Waals surface area contributed by atoms with E-state index < -0.39 is 6.04 Å². The number of carbonyl (C=O) groups excluding carboxylic acids is 2. The normalized spacial score (nSPS) is 14.6. The molecule has 0 aliphatic heterocycles. The molecule has 31 heavy (non-hydrogen) atoms. The van der Waals surface area contributed by atoms with Gasteiger partial charge in [-0.1, -0.05) is 45.9 Å². The molecule has 8 heteroatoms. The van der Waals surface area contributed by atoms with Crippen LogP contribution >= 0.6 is 9.24 Å². The van der Waals surface area contributed by atoms with Crippen LogP contribution in [0.2, 0.25) is 0 Å². The molecule has 0 saturated heterocycles. The molecule has 4 N–H and O–H groups in total. The number of allylic oxidation sites excluding steroid dienone is 4. The summed E-state index contributed by atoms with van der Waals surface area (Å²) in [5.41, 5.74) is 2.41. The average Bonchev–Trinajstić information content (AvgIpc) is 3.23. The monoisotopic (exact) mass is 447 g/mol. The summed E-state index contributed by atoms with van der Waals surface area (Å²) in [6.07, 6.45) is 10.3. The quantitative estimate of drug-likeness (QED) is 0.299. The van der Waals surface area contributed by atoms with Gasteiger partial charge in [0, 0.05) is 23.9 Å². The van der Waals surface area contributed by atoms with Gasteiger partial charge in [0.05, 0.1) is 6.04 Å². The second-order valence-corrected chi connectivity index (χ2v) is 7.74. The van der Waals surface area contributed by atoms with E-state index in [9.17, 15) is 9.59 Å². The minimum atomic E-state index is -0.568. The number of ketones is 1. The van der Waals surface area contributed by atoms with E-state index in [2.05, 4.69) is 60.5 Å². The van der Waals surface area contributed by atoms with Gasteiger partial charge in [-0.2, -0.15) is 5.10 Å². The molecule has 0 saturated carbocycles. The maximum atomic E-state index is 12.5. The van der Waals surface area contributed by atoms with Crippen molar-refractivity contribution < 1.29 is 9.59 Å². The first-order valence-electron chi connectivity index (χ1n) is 11.2. The number of aromatic nitrogens is 2. The number of Topliss-reactive ketones (excluding diaryl/α,β-unsaturated/α-hetero) is 1. The SMILES string of the molecule is CC.CCC=C(Nc1cc(C(=O)NC(CNCCC)C(C)=O)[nH]n1)C1=C(P)CCC=C1. The van der Waals surface area contributed by atoms with E-state index in [0.717, 1.165) is 43.5 Å². The molecule has 0 bridgehead atoms. The molecule has 7 nitrogen and oxygen atoms in total. The number of aromatic amines is 1.